The first-order chi connectivity index (χ1) is 20.1. The average molecular weight is 582 g/mol. The molecule has 0 heterocycles. The van der Waals surface area contributed by atoms with Crippen molar-refractivity contribution in [2.24, 2.45) is 0 Å². The maximum Gasteiger partial charge on any atom is 0.162 e. The minimum Gasteiger partial charge on any atom is -0.395 e. The number of ketones is 2. The van der Waals surface area contributed by atoms with Gasteiger partial charge in [-0.05, 0) is 12.8 Å². The van der Waals surface area contributed by atoms with Crippen molar-refractivity contribution in [1.29, 1.82) is 0 Å². The molecule has 0 aromatic heterocycles. The lowest BCUT2D eigenvalue weighted by molar-refractivity contribution is -0.139. The molecule has 0 bridgehead atoms. The van der Waals surface area contributed by atoms with Crippen molar-refractivity contribution in [3.63, 3.8) is 0 Å². The van der Waals surface area contributed by atoms with Crippen LogP contribution in [0.5, 0.6) is 0 Å². The highest BCUT2D eigenvalue weighted by atomic mass is 16.3. The van der Waals surface area contributed by atoms with Crippen molar-refractivity contribution in [2.75, 3.05) is 19.8 Å². The van der Waals surface area contributed by atoms with Gasteiger partial charge in [-0.3, -0.25) is 14.9 Å². The van der Waals surface area contributed by atoms with Crippen molar-refractivity contribution in [1.82, 2.24) is 5.32 Å². The lowest BCUT2D eigenvalue weighted by Gasteiger charge is -2.30. The van der Waals surface area contributed by atoms with Crippen molar-refractivity contribution >= 4 is 11.6 Å². The first kappa shape index (κ1) is 40.2. The Morgan fingerprint density at radius 3 is 0.976 bits per heavy atom. The molecule has 41 heavy (non-hydrogen) atoms. The number of nitrogens with one attached hydrogen (secondary N) is 1. The summed E-state index contributed by atoms with van der Waals surface area (Å²) in [7, 11) is 0. The Labute approximate surface area is 255 Å². The van der Waals surface area contributed by atoms with E-state index in [1.807, 2.05) is 0 Å². The number of hydrogen-bond acceptors (Lipinski definition) is 5. The first-order valence-electron chi connectivity index (χ1n) is 18.1. The number of unbranched alkanes of at least 4 members (excludes halogenated alkanes) is 24. The van der Waals surface area contributed by atoms with Gasteiger partial charge in [0.05, 0.1) is 13.2 Å². The van der Waals surface area contributed by atoms with Gasteiger partial charge in [0, 0.05) is 19.4 Å². The highest BCUT2D eigenvalue weighted by Crippen LogP contribution is 2.20. The molecule has 0 saturated heterocycles. The Morgan fingerprint density at radius 2 is 0.732 bits per heavy atom. The molecule has 3 N–H and O–H groups in total. The molecule has 0 aromatic rings. The number of carbonyl (C=O) groups is 2. The topological polar surface area (TPSA) is 86.6 Å². The summed E-state index contributed by atoms with van der Waals surface area (Å²) in [5.74, 6) is -0.424. The molecule has 0 aliphatic rings. The average Bonchev–Trinajstić information content (AvgIpc) is 2.98. The number of β-amino-alcohol motifs (C(OH)–C–C–N with tert-alkyl or cyclic N) is 1. The Balaban J connectivity index is 4.10. The van der Waals surface area contributed by atoms with Crippen LogP contribution in [0.15, 0.2) is 0 Å². The van der Waals surface area contributed by atoms with Gasteiger partial charge in [0.15, 0.2) is 17.1 Å². The molecule has 5 nitrogen and oxygen atoms in total. The summed E-state index contributed by atoms with van der Waals surface area (Å²) in [6, 6.07) is 0. The van der Waals surface area contributed by atoms with Crippen molar-refractivity contribution in [3.8, 4) is 0 Å². The molecule has 0 fully saturated rings. The summed E-state index contributed by atoms with van der Waals surface area (Å²) < 4.78 is 0. The zero-order valence-corrected chi connectivity index (χ0v) is 27.6. The van der Waals surface area contributed by atoms with Gasteiger partial charge in [0.1, 0.15) is 0 Å². The van der Waals surface area contributed by atoms with Crippen LogP contribution in [0.25, 0.3) is 0 Å². The molecule has 244 valence electrons. The summed E-state index contributed by atoms with van der Waals surface area (Å²) >= 11 is 0. The molecule has 0 aliphatic heterocycles. The van der Waals surface area contributed by atoms with E-state index in [2.05, 4.69) is 19.2 Å². The van der Waals surface area contributed by atoms with Crippen LogP contribution in [0.3, 0.4) is 0 Å². The maximum atomic E-state index is 13.2. The zero-order chi connectivity index (χ0) is 30.3. The third kappa shape index (κ3) is 22.4. The van der Waals surface area contributed by atoms with Gasteiger partial charge in [0.25, 0.3) is 0 Å². The highest BCUT2D eigenvalue weighted by Gasteiger charge is 2.43. The van der Waals surface area contributed by atoms with Gasteiger partial charge in [-0.1, -0.05) is 168 Å². The van der Waals surface area contributed by atoms with E-state index in [4.69, 9.17) is 0 Å². The van der Waals surface area contributed by atoms with Crippen LogP contribution in [0.2, 0.25) is 0 Å². The lowest BCUT2D eigenvalue weighted by atomic mass is 9.84. The predicted octanol–water partition coefficient (Wildman–Crippen LogP) is 9.40. The smallest absolute Gasteiger partial charge is 0.162 e. The van der Waals surface area contributed by atoms with Crippen molar-refractivity contribution in [3.05, 3.63) is 0 Å². The van der Waals surface area contributed by atoms with E-state index in [0.717, 1.165) is 38.5 Å². The van der Waals surface area contributed by atoms with Crippen LogP contribution in [0.4, 0.5) is 0 Å². The molecule has 0 rings (SSSR count). The minimum absolute atomic E-state index is 0.134. The van der Waals surface area contributed by atoms with Crippen LogP contribution in [-0.2, 0) is 9.59 Å². The predicted molar refractivity (Wildman–Crippen MR) is 176 cm³/mol. The molecule has 0 radical (unpaired) electrons. The van der Waals surface area contributed by atoms with Gasteiger partial charge < -0.3 is 10.2 Å². The van der Waals surface area contributed by atoms with E-state index in [1.54, 1.807) is 0 Å². The number of carbonyl (C=O) groups excluding carboxylic acids is 2. The number of Topliss-reactive ketones (excluding diaryl/α,β-unsaturated/α-hetero) is 2. The molecule has 0 aliphatic carbocycles. The van der Waals surface area contributed by atoms with Gasteiger partial charge in [-0.15, -0.1) is 0 Å². The molecule has 0 saturated carbocycles. The monoisotopic (exact) mass is 582 g/mol. The zero-order valence-electron chi connectivity index (χ0n) is 27.6. The third-order valence-corrected chi connectivity index (χ3v) is 8.74. The molecule has 0 amide bonds. The Kier molecular flexibility index (Phi) is 30.1. The minimum atomic E-state index is -1.54. The maximum absolute atomic E-state index is 13.2. The lowest BCUT2D eigenvalue weighted by Crippen LogP contribution is -2.61. The second kappa shape index (κ2) is 30.7. The molecule has 0 spiro atoms. The molecular weight excluding hydrogens is 510 g/mol. The first-order valence-corrected chi connectivity index (χ1v) is 18.1. The van der Waals surface area contributed by atoms with Crippen LogP contribution in [0.1, 0.15) is 194 Å². The summed E-state index contributed by atoms with van der Waals surface area (Å²) in [5, 5.41) is 22.4. The Morgan fingerprint density at radius 1 is 0.463 bits per heavy atom. The summed E-state index contributed by atoms with van der Waals surface area (Å²) in [6.45, 7) is 3.96. The van der Waals surface area contributed by atoms with Gasteiger partial charge >= 0.3 is 0 Å². The summed E-state index contributed by atoms with van der Waals surface area (Å²) in [4.78, 5) is 26.3. The van der Waals surface area contributed by atoms with E-state index >= 15 is 0 Å². The molecule has 0 aromatic carbocycles. The van der Waals surface area contributed by atoms with E-state index in [9.17, 15) is 19.8 Å². The number of rotatable bonds is 34. The second-order valence-electron chi connectivity index (χ2n) is 12.5. The molecular formula is C36H71NO4. The molecule has 0 atom stereocenters. The number of hydrogen-bond donors (Lipinski definition) is 3. The van der Waals surface area contributed by atoms with Crippen LogP contribution in [0, 0.1) is 0 Å². The fourth-order valence-electron chi connectivity index (χ4n) is 5.89. The van der Waals surface area contributed by atoms with Crippen LogP contribution >= 0.6 is 0 Å². The Hall–Kier alpha value is -0.780. The standard InChI is InChI=1S/C36H71NO4/c1-3-5-7-9-11-13-15-17-19-21-23-25-27-29-34(40)36(33-39,37-31-32-38)35(41)30-28-26-24-22-20-18-16-14-12-10-8-6-4-2/h37-39H,3-33H2,1-2H3. The normalized spacial score (nSPS) is 11.8. The SMILES string of the molecule is CCCCCCCCCCCCCCCC(=O)C(CO)(NCCO)C(=O)CCCCCCCCCCCCCCC. The van der Waals surface area contributed by atoms with Crippen molar-refractivity contribution < 1.29 is 19.8 Å². The van der Waals surface area contributed by atoms with E-state index < -0.39 is 12.1 Å². The van der Waals surface area contributed by atoms with Gasteiger partial charge in [0.2, 0.25) is 0 Å². The largest absolute Gasteiger partial charge is 0.395 e. The summed E-state index contributed by atoms with van der Waals surface area (Å²) in [6.07, 6.45) is 32.9. The molecule has 5 heteroatoms. The fraction of sp³-hybridized carbons (Fsp3) is 0.944. The number of aliphatic hydroxyl groups is 2. The van der Waals surface area contributed by atoms with E-state index in [1.165, 1.54) is 128 Å². The summed E-state index contributed by atoms with van der Waals surface area (Å²) in [5.41, 5.74) is -1.54. The molecule has 0 unspecified atom stereocenters. The number of aliphatic hydroxyl groups excluding tert-OH is 2. The Bertz CT molecular complexity index is 538. The highest BCUT2D eigenvalue weighted by molar-refractivity contribution is 6.11. The van der Waals surface area contributed by atoms with E-state index in [-0.39, 0.29) is 24.7 Å². The quantitative estimate of drug-likeness (QED) is 0.0520. The van der Waals surface area contributed by atoms with E-state index in [0.29, 0.717) is 12.8 Å². The van der Waals surface area contributed by atoms with Gasteiger partial charge in [-0.25, -0.2) is 0 Å². The fourth-order valence-corrected chi connectivity index (χ4v) is 5.89. The van der Waals surface area contributed by atoms with Gasteiger partial charge in [-0.2, -0.15) is 0 Å². The van der Waals surface area contributed by atoms with Crippen LogP contribution in [-0.4, -0.2) is 47.1 Å². The third-order valence-electron chi connectivity index (χ3n) is 8.74. The van der Waals surface area contributed by atoms with Crippen LogP contribution < -0.4 is 5.32 Å². The second-order valence-corrected chi connectivity index (χ2v) is 12.5. The van der Waals surface area contributed by atoms with Crippen molar-refractivity contribution in [2.45, 2.75) is 199 Å².